The van der Waals surface area contributed by atoms with Crippen molar-refractivity contribution in [2.75, 3.05) is 23.7 Å². The van der Waals surface area contributed by atoms with E-state index in [0.717, 1.165) is 54.1 Å². The van der Waals surface area contributed by atoms with Crippen LogP contribution in [0.25, 0.3) is 22.0 Å². The zero-order valence-electron chi connectivity index (χ0n) is 23.3. The molecule has 2 aliphatic carbocycles. The zero-order valence-corrected chi connectivity index (χ0v) is 23.3. The molecule has 3 heterocycles. The Morgan fingerprint density at radius 1 is 1.05 bits per heavy atom. The Labute approximate surface area is 243 Å². The Balaban J connectivity index is 1.16. The predicted molar refractivity (Wildman–Crippen MR) is 159 cm³/mol. The highest BCUT2D eigenvalue weighted by Crippen LogP contribution is 2.70. The fourth-order valence-corrected chi connectivity index (χ4v) is 6.13. The lowest BCUT2D eigenvalue weighted by molar-refractivity contribution is -0.117. The number of benzene rings is 2. The number of pyridine rings is 1. The third-order valence-electron chi connectivity index (χ3n) is 8.79. The molecular weight excluding hydrogens is 532 g/mol. The van der Waals surface area contributed by atoms with Gasteiger partial charge in [0, 0.05) is 53.9 Å². The maximum atomic E-state index is 12.9. The van der Waals surface area contributed by atoms with E-state index in [-0.39, 0.29) is 17.9 Å². The molecule has 2 aromatic heterocycles. The van der Waals surface area contributed by atoms with Gasteiger partial charge < -0.3 is 25.4 Å². The van der Waals surface area contributed by atoms with Crippen LogP contribution in [0.1, 0.15) is 37.7 Å². The summed E-state index contributed by atoms with van der Waals surface area (Å²) in [7, 11) is 0. The average Bonchev–Trinajstić information content (AvgIpc) is 3.93. The number of carbonyl (C=O) groups is 2. The average molecular weight is 565 g/mol. The number of aryl methyl sites for hydroxylation is 1. The molecule has 3 aliphatic rings. The van der Waals surface area contributed by atoms with Crippen LogP contribution in [0.4, 0.5) is 16.4 Å². The lowest BCUT2D eigenvalue weighted by Gasteiger charge is -2.31. The lowest BCUT2D eigenvalue weighted by atomic mass is 10.0. The number of nitrogens with one attached hydrogen (secondary N) is 2. The number of hydrogen-bond acceptors (Lipinski definition) is 7. The van der Waals surface area contributed by atoms with Crippen molar-refractivity contribution in [2.45, 2.75) is 45.1 Å². The number of piperidine rings is 1. The third-order valence-corrected chi connectivity index (χ3v) is 8.79. The molecule has 2 amide bonds. The molecule has 10 heteroatoms. The molecule has 3 fully saturated rings. The molecular formula is C32H32N6O4. The summed E-state index contributed by atoms with van der Waals surface area (Å²) in [5, 5.41) is 17.6. The van der Waals surface area contributed by atoms with Crippen LogP contribution < -0.4 is 15.4 Å². The van der Waals surface area contributed by atoms with Gasteiger partial charge >= 0.3 is 6.09 Å². The number of aromatic nitrogens is 3. The van der Waals surface area contributed by atoms with Gasteiger partial charge in [0.05, 0.1) is 11.3 Å². The molecule has 3 N–H and O–H groups in total. The molecule has 214 valence electrons. The van der Waals surface area contributed by atoms with Crippen molar-refractivity contribution in [3.05, 3.63) is 66.5 Å². The van der Waals surface area contributed by atoms with Crippen LogP contribution in [-0.4, -0.2) is 56.1 Å². The molecule has 7 rings (SSSR count). The van der Waals surface area contributed by atoms with E-state index in [2.05, 4.69) is 20.6 Å². The quantitative estimate of drug-likeness (QED) is 0.246. The highest BCUT2D eigenvalue weighted by atomic mass is 16.5. The molecule has 10 nitrogen and oxygen atoms in total. The third kappa shape index (κ3) is 4.97. The van der Waals surface area contributed by atoms with Gasteiger partial charge in [-0.05, 0) is 74.3 Å². The molecule has 4 aromatic rings. The molecule has 2 atom stereocenters. The fourth-order valence-electron chi connectivity index (χ4n) is 6.13. The summed E-state index contributed by atoms with van der Waals surface area (Å²) in [4.78, 5) is 39.4. The monoisotopic (exact) mass is 564 g/mol. The first kappa shape index (κ1) is 26.2. The summed E-state index contributed by atoms with van der Waals surface area (Å²) in [6.07, 6.45) is 7.38. The number of rotatable bonds is 7. The highest BCUT2D eigenvalue weighted by molar-refractivity contribution is 6.06. The van der Waals surface area contributed by atoms with E-state index in [4.69, 9.17) is 9.72 Å². The van der Waals surface area contributed by atoms with Crippen LogP contribution in [-0.2, 0) is 4.79 Å². The molecule has 2 saturated carbocycles. The highest BCUT2D eigenvalue weighted by Gasteiger charge is 2.65. The van der Waals surface area contributed by atoms with Gasteiger partial charge in [-0.15, -0.1) is 0 Å². The van der Waals surface area contributed by atoms with E-state index < -0.39 is 6.09 Å². The minimum atomic E-state index is -0.916. The first-order valence-corrected chi connectivity index (χ1v) is 14.4. The second-order valence-electron chi connectivity index (χ2n) is 11.7. The standard InChI is InChI=1S/C32H32N6O4/c1-19-9-10-21-22(6-2-8-25(21)36-28(39)24-17-32(24)12-13-32)27(19)42-29-23(7-3-14-33-29)26-11-15-34-30(37-26)35-20-5-4-16-38(18-20)31(40)41/h2-3,6-11,14-15,20,24H,4-5,12-13,16-18H2,1H3,(H,36,39)(H,40,41)(H,34,35,37)/t20?,24-/m1/s1. The van der Waals surface area contributed by atoms with Crippen molar-refractivity contribution in [2.24, 2.45) is 11.3 Å². The summed E-state index contributed by atoms with van der Waals surface area (Å²) < 4.78 is 6.52. The van der Waals surface area contributed by atoms with Gasteiger partial charge in [0.15, 0.2) is 0 Å². The number of fused-ring (bicyclic) bond motifs is 1. The molecule has 42 heavy (non-hydrogen) atoms. The minimum absolute atomic E-state index is 0.0718. The summed E-state index contributed by atoms with van der Waals surface area (Å²) >= 11 is 0. The second kappa shape index (κ2) is 10.3. The van der Waals surface area contributed by atoms with Gasteiger partial charge in [0.25, 0.3) is 0 Å². The van der Waals surface area contributed by atoms with E-state index in [9.17, 15) is 14.7 Å². The summed E-state index contributed by atoms with van der Waals surface area (Å²) in [6, 6.07) is 15.3. The Morgan fingerprint density at radius 3 is 2.74 bits per heavy atom. The van der Waals surface area contributed by atoms with Crippen molar-refractivity contribution in [3.8, 4) is 22.9 Å². The zero-order chi connectivity index (χ0) is 28.8. The first-order valence-electron chi connectivity index (χ1n) is 14.4. The molecule has 1 spiro atoms. The van der Waals surface area contributed by atoms with Gasteiger partial charge in [-0.1, -0.05) is 24.3 Å². The molecule has 1 aliphatic heterocycles. The van der Waals surface area contributed by atoms with Crippen LogP contribution in [0, 0.1) is 18.3 Å². The number of nitrogens with zero attached hydrogens (tertiary/aromatic N) is 4. The molecule has 1 saturated heterocycles. The normalized spacial score (nSPS) is 20.3. The van der Waals surface area contributed by atoms with Gasteiger partial charge in [-0.3, -0.25) is 4.79 Å². The number of carboxylic acid groups (broad SMARTS) is 1. The Kier molecular flexibility index (Phi) is 6.41. The van der Waals surface area contributed by atoms with E-state index in [1.807, 2.05) is 49.4 Å². The number of carbonyl (C=O) groups excluding carboxylic acids is 1. The fraction of sp³-hybridized carbons (Fsp3) is 0.344. The van der Waals surface area contributed by atoms with E-state index >= 15 is 0 Å². The van der Waals surface area contributed by atoms with Crippen molar-refractivity contribution in [3.63, 3.8) is 0 Å². The van der Waals surface area contributed by atoms with Crippen LogP contribution in [0.5, 0.6) is 11.6 Å². The van der Waals surface area contributed by atoms with Crippen LogP contribution in [0.3, 0.4) is 0 Å². The minimum Gasteiger partial charge on any atom is -0.465 e. The number of anilines is 2. The maximum Gasteiger partial charge on any atom is 0.407 e. The number of amides is 2. The van der Waals surface area contributed by atoms with Crippen LogP contribution in [0.15, 0.2) is 60.9 Å². The lowest BCUT2D eigenvalue weighted by Crippen LogP contribution is -2.44. The van der Waals surface area contributed by atoms with Crippen LogP contribution in [0.2, 0.25) is 0 Å². The maximum absolute atomic E-state index is 12.9. The van der Waals surface area contributed by atoms with Gasteiger partial charge in [0.2, 0.25) is 17.7 Å². The molecule has 0 radical (unpaired) electrons. The summed E-state index contributed by atoms with van der Waals surface area (Å²) in [6.45, 7) is 2.91. The van der Waals surface area contributed by atoms with Gasteiger partial charge in [-0.25, -0.2) is 19.7 Å². The first-order chi connectivity index (χ1) is 20.4. The smallest absolute Gasteiger partial charge is 0.407 e. The Hall–Kier alpha value is -4.73. The number of ether oxygens (including phenoxy) is 1. The summed E-state index contributed by atoms with van der Waals surface area (Å²) in [5.41, 5.74) is 3.34. The summed E-state index contributed by atoms with van der Waals surface area (Å²) in [5.74, 6) is 1.72. The Bertz CT molecular complexity index is 1700. The van der Waals surface area contributed by atoms with E-state index in [0.29, 0.717) is 47.3 Å². The number of likely N-dealkylation sites (tertiary alicyclic amines) is 1. The van der Waals surface area contributed by atoms with E-state index in [1.165, 1.54) is 4.90 Å². The SMILES string of the molecule is Cc1ccc2c(NC(=O)[C@H]3CC34CC4)cccc2c1Oc1ncccc1-c1ccnc(NC2CCCN(C(=O)O)C2)n1. The van der Waals surface area contributed by atoms with Crippen molar-refractivity contribution in [1.82, 2.24) is 19.9 Å². The van der Waals surface area contributed by atoms with Gasteiger partial charge in [-0.2, -0.15) is 0 Å². The largest absolute Gasteiger partial charge is 0.465 e. The van der Waals surface area contributed by atoms with Crippen LogP contribution >= 0.6 is 0 Å². The van der Waals surface area contributed by atoms with E-state index in [1.54, 1.807) is 18.5 Å². The second-order valence-corrected chi connectivity index (χ2v) is 11.7. The topological polar surface area (TPSA) is 130 Å². The van der Waals surface area contributed by atoms with Gasteiger partial charge in [0.1, 0.15) is 5.75 Å². The van der Waals surface area contributed by atoms with Crippen molar-refractivity contribution < 1.29 is 19.4 Å². The van der Waals surface area contributed by atoms with Crippen molar-refractivity contribution >= 4 is 34.4 Å². The number of hydrogen-bond donors (Lipinski definition) is 3. The van der Waals surface area contributed by atoms with Crippen molar-refractivity contribution in [1.29, 1.82) is 0 Å². The molecule has 1 unspecified atom stereocenters. The molecule has 2 aromatic carbocycles. The molecule has 0 bridgehead atoms. The Morgan fingerprint density at radius 2 is 1.93 bits per heavy atom. The predicted octanol–water partition coefficient (Wildman–Crippen LogP) is 6.09.